The van der Waals surface area contributed by atoms with Gasteiger partial charge in [0.1, 0.15) is 4.83 Å². The Morgan fingerprint density at radius 1 is 0.811 bits per heavy atom. The van der Waals surface area contributed by atoms with Crippen molar-refractivity contribution in [2.75, 3.05) is 26.2 Å². The number of thiophene rings is 1. The Balaban J connectivity index is 1.23. The molecule has 1 saturated heterocycles. The lowest BCUT2D eigenvalue weighted by atomic mass is 9.96. The summed E-state index contributed by atoms with van der Waals surface area (Å²) in [6.45, 7) is 7.21. The number of piperazine rings is 1. The van der Waals surface area contributed by atoms with Crippen LogP contribution in [0.5, 0.6) is 0 Å². The molecule has 0 unspecified atom stereocenters. The lowest BCUT2D eigenvalue weighted by Gasteiger charge is -2.39. The predicted octanol–water partition coefficient (Wildman–Crippen LogP) is 6.25. The van der Waals surface area contributed by atoms with Crippen LogP contribution in [0.15, 0.2) is 91.0 Å². The molecule has 1 aliphatic rings. The van der Waals surface area contributed by atoms with E-state index in [9.17, 15) is 4.79 Å². The molecular weight excluding hydrogens is 476 g/mol. The first-order valence-corrected chi connectivity index (χ1v) is 13.6. The van der Waals surface area contributed by atoms with Crippen molar-refractivity contribution in [3.63, 3.8) is 0 Å². The fourth-order valence-corrected chi connectivity index (χ4v) is 6.48. The summed E-state index contributed by atoms with van der Waals surface area (Å²) in [5.74, 6) is 0.118. The summed E-state index contributed by atoms with van der Waals surface area (Å²) in [5, 5.41) is 5.83. The van der Waals surface area contributed by atoms with Gasteiger partial charge in [-0.15, -0.1) is 11.3 Å². The van der Waals surface area contributed by atoms with Crippen LogP contribution >= 0.6 is 11.3 Å². The van der Waals surface area contributed by atoms with E-state index in [1.807, 2.05) is 34.7 Å². The van der Waals surface area contributed by atoms with Crippen LogP contribution in [0, 0.1) is 13.8 Å². The molecule has 0 atom stereocenters. The highest BCUT2D eigenvalue weighted by atomic mass is 32.1. The van der Waals surface area contributed by atoms with E-state index < -0.39 is 0 Å². The van der Waals surface area contributed by atoms with Gasteiger partial charge in [0.25, 0.3) is 5.91 Å². The molecule has 5 aromatic rings. The summed E-state index contributed by atoms with van der Waals surface area (Å²) in [7, 11) is 0. The zero-order valence-corrected chi connectivity index (χ0v) is 22.0. The number of carbonyl (C=O) groups is 1. The highest BCUT2D eigenvalue weighted by molar-refractivity contribution is 7.20. The molecule has 1 amide bonds. The number of carbonyl (C=O) groups excluding carboxylic acids is 1. The maximum Gasteiger partial charge on any atom is 0.264 e. The standard InChI is InChI=1S/C31H30N4OS/c1-22-11-9-10-16-27(22)35-31-26(23(2)32-35)21-28(37-31)30(36)34-19-17-33(18-20-34)29(24-12-5-3-6-13-24)25-14-7-4-8-15-25/h3-16,21,29H,17-20H2,1-2H3. The fourth-order valence-electron chi connectivity index (χ4n) is 5.34. The molecule has 0 radical (unpaired) electrons. The zero-order chi connectivity index (χ0) is 25.4. The molecule has 0 saturated carbocycles. The zero-order valence-electron chi connectivity index (χ0n) is 21.2. The SMILES string of the molecule is Cc1ccccc1-n1nc(C)c2cc(C(=O)N3CCN(C(c4ccccc4)c4ccccc4)CC3)sc21. The van der Waals surface area contributed by atoms with E-state index >= 15 is 0 Å². The average molecular weight is 507 g/mol. The van der Waals surface area contributed by atoms with Crippen molar-refractivity contribution in [2.24, 2.45) is 0 Å². The first kappa shape index (κ1) is 23.6. The molecule has 1 aliphatic heterocycles. The Morgan fingerprint density at radius 2 is 1.41 bits per heavy atom. The van der Waals surface area contributed by atoms with Crippen LogP contribution in [0.4, 0.5) is 0 Å². The van der Waals surface area contributed by atoms with E-state index in [4.69, 9.17) is 5.10 Å². The summed E-state index contributed by atoms with van der Waals surface area (Å²) in [6.07, 6.45) is 0. The second-order valence-electron chi connectivity index (χ2n) is 9.67. The molecule has 3 aromatic carbocycles. The third-order valence-electron chi connectivity index (χ3n) is 7.30. The molecule has 0 spiro atoms. The van der Waals surface area contributed by atoms with Crippen LogP contribution in [0.1, 0.15) is 38.1 Å². The van der Waals surface area contributed by atoms with E-state index in [0.717, 1.165) is 45.1 Å². The molecule has 0 aliphatic carbocycles. The third-order valence-corrected chi connectivity index (χ3v) is 8.39. The van der Waals surface area contributed by atoms with Gasteiger partial charge in [-0.05, 0) is 42.7 Å². The Bertz CT molecular complexity index is 1490. The van der Waals surface area contributed by atoms with Crippen LogP contribution in [-0.2, 0) is 0 Å². The van der Waals surface area contributed by atoms with Crippen molar-refractivity contribution in [1.82, 2.24) is 19.6 Å². The van der Waals surface area contributed by atoms with Crippen molar-refractivity contribution < 1.29 is 4.79 Å². The number of amides is 1. The van der Waals surface area contributed by atoms with Gasteiger partial charge >= 0.3 is 0 Å². The Labute approximate surface area is 221 Å². The first-order chi connectivity index (χ1) is 18.1. The highest BCUT2D eigenvalue weighted by Crippen LogP contribution is 2.33. The monoisotopic (exact) mass is 506 g/mol. The van der Waals surface area contributed by atoms with Crippen molar-refractivity contribution >= 4 is 27.5 Å². The van der Waals surface area contributed by atoms with Gasteiger partial charge in [0.2, 0.25) is 0 Å². The Kier molecular flexibility index (Phi) is 6.37. The van der Waals surface area contributed by atoms with Crippen molar-refractivity contribution in [2.45, 2.75) is 19.9 Å². The maximum atomic E-state index is 13.6. The highest BCUT2D eigenvalue weighted by Gasteiger charge is 2.29. The van der Waals surface area contributed by atoms with E-state index in [0.29, 0.717) is 13.1 Å². The minimum atomic E-state index is 0.118. The summed E-state index contributed by atoms with van der Waals surface area (Å²) >= 11 is 1.55. The number of fused-ring (bicyclic) bond motifs is 1. The summed E-state index contributed by atoms with van der Waals surface area (Å²) in [5.41, 5.74) is 5.74. The summed E-state index contributed by atoms with van der Waals surface area (Å²) in [6, 6.07) is 31.8. The van der Waals surface area contributed by atoms with Crippen LogP contribution in [0.2, 0.25) is 0 Å². The maximum absolute atomic E-state index is 13.6. The van der Waals surface area contributed by atoms with Gasteiger partial charge in [-0.3, -0.25) is 9.69 Å². The number of hydrogen-bond acceptors (Lipinski definition) is 4. The molecular formula is C31H30N4OS. The molecule has 0 bridgehead atoms. The van der Waals surface area contributed by atoms with Gasteiger partial charge < -0.3 is 4.90 Å². The van der Waals surface area contributed by atoms with E-state index in [-0.39, 0.29) is 11.9 Å². The number of aryl methyl sites for hydroxylation is 2. The second kappa shape index (κ2) is 9.96. The quantitative estimate of drug-likeness (QED) is 0.283. The topological polar surface area (TPSA) is 41.4 Å². The van der Waals surface area contributed by atoms with Gasteiger partial charge in [-0.2, -0.15) is 5.10 Å². The van der Waals surface area contributed by atoms with Crippen molar-refractivity contribution in [3.8, 4) is 5.69 Å². The van der Waals surface area contributed by atoms with Crippen LogP contribution < -0.4 is 0 Å². The smallest absolute Gasteiger partial charge is 0.264 e. The molecule has 6 heteroatoms. The Hall–Kier alpha value is -3.74. The van der Waals surface area contributed by atoms with Crippen molar-refractivity contribution in [3.05, 3.63) is 118 Å². The second-order valence-corrected chi connectivity index (χ2v) is 10.7. The molecule has 5 nitrogen and oxygen atoms in total. The molecule has 1 fully saturated rings. The lowest BCUT2D eigenvalue weighted by Crippen LogP contribution is -2.49. The van der Waals surface area contributed by atoms with Crippen molar-refractivity contribution in [1.29, 1.82) is 0 Å². The minimum Gasteiger partial charge on any atom is -0.335 e. The van der Waals surface area contributed by atoms with E-state index in [1.54, 1.807) is 11.3 Å². The van der Waals surface area contributed by atoms with Gasteiger partial charge in [-0.1, -0.05) is 78.9 Å². The van der Waals surface area contributed by atoms with Crippen LogP contribution in [-0.4, -0.2) is 51.7 Å². The van der Waals surface area contributed by atoms with E-state index in [1.165, 1.54) is 11.1 Å². The number of para-hydroxylation sites is 1. The number of nitrogens with zero attached hydrogens (tertiary/aromatic N) is 4. The minimum absolute atomic E-state index is 0.118. The number of rotatable bonds is 5. The van der Waals surface area contributed by atoms with Gasteiger partial charge in [-0.25, -0.2) is 4.68 Å². The van der Waals surface area contributed by atoms with Gasteiger partial charge in [0, 0.05) is 31.6 Å². The van der Waals surface area contributed by atoms with Gasteiger partial charge in [0.05, 0.1) is 22.3 Å². The number of hydrogen-bond donors (Lipinski definition) is 0. The fraction of sp³-hybridized carbons (Fsp3) is 0.226. The normalized spacial score (nSPS) is 14.5. The van der Waals surface area contributed by atoms with Gasteiger partial charge in [0.15, 0.2) is 0 Å². The Morgan fingerprint density at radius 3 is 2.03 bits per heavy atom. The molecule has 186 valence electrons. The first-order valence-electron chi connectivity index (χ1n) is 12.8. The summed E-state index contributed by atoms with van der Waals surface area (Å²) < 4.78 is 1.99. The summed E-state index contributed by atoms with van der Waals surface area (Å²) in [4.78, 5) is 19.9. The molecule has 3 heterocycles. The van der Waals surface area contributed by atoms with Crippen LogP contribution in [0.3, 0.4) is 0 Å². The molecule has 37 heavy (non-hydrogen) atoms. The number of benzene rings is 3. The third kappa shape index (κ3) is 4.47. The predicted molar refractivity (Wildman–Crippen MR) is 151 cm³/mol. The van der Waals surface area contributed by atoms with E-state index in [2.05, 4.69) is 84.6 Å². The number of aromatic nitrogens is 2. The average Bonchev–Trinajstić information content (AvgIpc) is 3.51. The largest absolute Gasteiger partial charge is 0.335 e. The molecule has 2 aromatic heterocycles. The van der Waals surface area contributed by atoms with Crippen LogP contribution in [0.25, 0.3) is 15.9 Å². The molecule has 0 N–H and O–H groups in total. The molecule has 6 rings (SSSR count). The lowest BCUT2D eigenvalue weighted by molar-refractivity contribution is 0.0602.